The van der Waals surface area contributed by atoms with Crippen molar-refractivity contribution >= 4 is 34.8 Å². The van der Waals surface area contributed by atoms with Crippen molar-refractivity contribution in [3.63, 3.8) is 0 Å². The van der Waals surface area contributed by atoms with E-state index in [9.17, 15) is 23.6 Å². The van der Waals surface area contributed by atoms with Gasteiger partial charge >= 0.3 is 6.55 Å². The Balaban J connectivity index is 1.48. The molecule has 1 aliphatic rings. The van der Waals surface area contributed by atoms with Gasteiger partial charge in [0.1, 0.15) is 6.04 Å². The fourth-order valence-corrected chi connectivity index (χ4v) is 5.58. The second-order valence-corrected chi connectivity index (χ2v) is 11.1. The number of anilines is 1. The van der Waals surface area contributed by atoms with Crippen molar-refractivity contribution in [2.45, 2.75) is 38.8 Å². The van der Waals surface area contributed by atoms with Gasteiger partial charge in [-0.3, -0.25) is 14.2 Å². The quantitative estimate of drug-likeness (QED) is 0.214. The molecule has 12 nitrogen and oxygen atoms in total. The third-order valence-corrected chi connectivity index (χ3v) is 7.89. The van der Waals surface area contributed by atoms with E-state index >= 15 is 0 Å². The maximum Gasteiger partial charge on any atom is 0.333 e. The molecule has 44 heavy (non-hydrogen) atoms. The summed E-state index contributed by atoms with van der Waals surface area (Å²) in [5.41, 5.74) is 1.17. The van der Waals surface area contributed by atoms with Gasteiger partial charge in [-0.1, -0.05) is 41.8 Å². The van der Waals surface area contributed by atoms with E-state index in [0.717, 1.165) is 6.20 Å². The summed E-state index contributed by atoms with van der Waals surface area (Å²) in [6.07, 6.45) is 6.30. The SMILES string of the molecule is C[C@@H]1CCC[C@H](n2cnc(-c3cc(Cl)ccc3-n3cc(Cl)nn3)cc2=O)c2cc(cc[n+]2[O-])-c2c(cnn2C(F)F)NC1=O. The van der Waals surface area contributed by atoms with Crippen LogP contribution in [0.25, 0.3) is 28.2 Å². The van der Waals surface area contributed by atoms with Gasteiger partial charge in [-0.05, 0) is 31.0 Å². The summed E-state index contributed by atoms with van der Waals surface area (Å²) >= 11 is 12.2. The molecule has 6 rings (SSSR count). The molecule has 0 saturated heterocycles. The second kappa shape index (κ2) is 11.8. The Morgan fingerprint density at radius 2 is 1.95 bits per heavy atom. The van der Waals surface area contributed by atoms with Crippen molar-refractivity contribution in [1.29, 1.82) is 0 Å². The minimum Gasteiger partial charge on any atom is -0.618 e. The highest BCUT2D eigenvalue weighted by molar-refractivity contribution is 6.31. The molecule has 1 amide bonds. The number of carbonyl (C=O) groups is 1. The summed E-state index contributed by atoms with van der Waals surface area (Å²) in [5, 5.41) is 28.0. The zero-order chi connectivity index (χ0) is 31.1. The van der Waals surface area contributed by atoms with Crippen molar-refractivity contribution in [2.24, 2.45) is 5.92 Å². The zero-order valence-corrected chi connectivity index (χ0v) is 24.5. The fraction of sp³-hybridized carbons (Fsp3) is 0.250. The van der Waals surface area contributed by atoms with Crippen molar-refractivity contribution in [3.8, 4) is 28.2 Å². The Morgan fingerprint density at radius 3 is 2.68 bits per heavy atom. The first-order valence-corrected chi connectivity index (χ1v) is 14.2. The molecule has 5 aromatic rings. The Bertz CT molecular complexity index is 1940. The maximum absolute atomic E-state index is 13.9. The summed E-state index contributed by atoms with van der Waals surface area (Å²) in [7, 11) is 0. The number of alkyl halides is 2. The molecule has 16 heteroatoms. The second-order valence-electron chi connectivity index (χ2n) is 10.3. The first-order valence-electron chi connectivity index (χ1n) is 13.5. The predicted molar refractivity (Wildman–Crippen MR) is 157 cm³/mol. The number of carbonyl (C=O) groups excluding carboxylic acids is 1. The van der Waals surface area contributed by atoms with Gasteiger partial charge in [0.05, 0.1) is 41.5 Å². The Labute approximate surface area is 258 Å². The van der Waals surface area contributed by atoms with E-state index in [0.29, 0.717) is 38.5 Å². The lowest BCUT2D eigenvalue weighted by Crippen LogP contribution is -2.38. The Kier molecular flexibility index (Phi) is 7.86. The third-order valence-electron chi connectivity index (χ3n) is 7.48. The molecular formula is C28H23Cl2F2N9O3. The topological polar surface area (TPSA) is 139 Å². The lowest BCUT2D eigenvalue weighted by atomic mass is 9.97. The maximum atomic E-state index is 13.9. The highest BCUT2D eigenvalue weighted by Crippen LogP contribution is 2.35. The lowest BCUT2D eigenvalue weighted by molar-refractivity contribution is -0.616. The van der Waals surface area contributed by atoms with E-state index in [4.69, 9.17) is 23.2 Å². The molecule has 2 bridgehead atoms. The molecule has 0 spiro atoms. The van der Waals surface area contributed by atoms with Gasteiger partial charge in [0, 0.05) is 40.3 Å². The molecule has 1 aromatic carbocycles. The average molecular weight is 642 g/mol. The molecule has 0 aliphatic carbocycles. The monoisotopic (exact) mass is 641 g/mol. The smallest absolute Gasteiger partial charge is 0.333 e. The van der Waals surface area contributed by atoms with Crippen molar-refractivity contribution in [1.82, 2.24) is 34.3 Å². The van der Waals surface area contributed by atoms with Crippen LogP contribution in [0.4, 0.5) is 14.5 Å². The molecule has 0 unspecified atom stereocenters. The number of rotatable bonds is 4. The summed E-state index contributed by atoms with van der Waals surface area (Å²) in [5.74, 6) is -0.847. The van der Waals surface area contributed by atoms with Crippen molar-refractivity contribution in [2.75, 3.05) is 5.32 Å². The summed E-state index contributed by atoms with van der Waals surface area (Å²) in [6, 6.07) is 8.21. The highest BCUT2D eigenvalue weighted by atomic mass is 35.5. The summed E-state index contributed by atoms with van der Waals surface area (Å²) in [4.78, 5) is 31.1. The number of fused-ring (bicyclic) bond motifs is 4. The minimum atomic E-state index is -3.01. The number of benzene rings is 1. The normalized spacial score (nSPS) is 17.1. The van der Waals surface area contributed by atoms with E-state index in [1.807, 2.05) is 0 Å². The number of nitrogens with zero attached hydrogens (tertiary/aromatic N) is 8. The van der Waals surface area contributed by atoms with Crippen LogP contribution in [0.15, 0.2) is 66.1 Å². The number of hydrogen-bond acceptors (Lipinski definition) is 7. The number of aromatic nitrogens is 8. The van der Waals surface area contributed by atoms with Crippen LogP contribution in [0.5, 0.6) is 0 Å². The molecule has 226 valence electrons. The molecule has 1 N–H and O–H groups in total. The third kappa shape index (κ3) is 5.53. The lowest BCUT2D eigenvalue weighted by Gasteiger charge is -2.22. The first kappa shape index (κ1) is 29.4. The Morgan fingerprint density at radius 1 is 1.14 bits per heavy atom. The van der Waals surface area contributed by atoms with Crippen molar-refractivity contribution in [3.05, 3.63) is 92.7 Å². The van der Waals surface area contributed by atoms with Crippen LogP contribution in [0.1, 0.15) is 44.5 Å². The van der Waals surface area contributed by atoms with Gasteiger partial charge in [0.2, 0.25) is 11.6 Å². The van der Waals surface area contributed by atoms with Crippen LogP contribution in [0.3, 0.4) is 0 Å². The largest absolute Gasteiger partial charge is 0.618 e. The van der Waals surface area contributed by atoms with E-state index in [2.05, 4.69) is 25.7 Å². The van der Waals surface area contributed by atoms with Gasteiger partial charge in [0.25, 0.3) is 5.56 Å². The van der Waals surface area contributed by atoms with Gasteiger partial charge in [-0.25, -0.2) is 14.3 Å². The molecular weight excluding hydrogens is 619 g/mol. The van der Waals surface area contributed by atoms with Gasteiger partial charge in [-0.2, -0.15) is 18.6 Å². The van der Waals surface area contributed by atoms with Crippen LogP contribution >= 0.6 is 23.2 Å². The first-order chi connectivity index (χ1) is 21.1. The number of pyridine rings is 1. The van der Waals surface area contributed by atoms with Gasteiger partial charge in [-0.15, -0.1) is 5.10 Å². The zero-order valence-electron chi connectivity index (χ0n) is 22.9. The van der Waals surface area contributed by atoms with E-state index < -0.39 is 24.1 Å². The van der Waals surface area contributed by atoms with Crippen LogP contribution in [0, 0.1) is 11.1 Å². The molecule has 2 atom stereocenters. The number of hydrogen-bond donors (Lipinski definition) is 1. The molecule has 0 radical (unpaired) electrons. The molecule has 5 heterocycles. The number of halogens is 4. The molecule has 1 aliphatic heterocycles. The average Bonchev–Trinajstić information content (AvgIpc) is 3.62. The van der Waals surface area contributed by atoms with Crippen molar-refractivity contribution < 1.29 is 18.3 Å². The van der Waals surface area contributed by atoms with Gasteiger partial charge < -0.3 is 10.5 Å². The van der Waals surface area contributed by atoms with E-state index in [1.54, 1.807) is 25.1 Å². The van der Waals surface area contributed by atoms with E-state index in [1.165, 1.54) is 46.2 Å². The molecule has 0 fully saturated rings. The predicted octanol–water partition coefficient (Wildman–Crippen LogP) is 5.04. The standard InChI is InChI=1S/C28H23Cl2F2N9O3/c1-15-3-2-4-22(23-9-16(7-8-40(23)44)26-20(35-27(15)43)12-34-41(26)28(31)32)38-14-33-19(11-25(38)42)18-10-17(29)5-6-21(18)39-13-24(30)36-37-39/h5-15,22,28H,2-4H2,1H3,(H,35,43)/t15-,22+/m1/s1. The van der Waals surface area contributed by atoms with Crippen LogP contribution in [-0.2, 0) is 4.79 Å². The van der Waals surface area contributed by atoms with Gasteiger partial charge in [0.15, 0.2) is 11.3 Å². The Hall–Kier alpha value is -4.69. The summed E-state index contributed by atoms with van der Waals surface area (Å²) < 4.78 is 31.7. The summed E-state index contributed by atoms with van der Waals surface area (Å²) in [6.45, 7) is -1.29. The van der Waals surface area contributed by atoms with Crippen LogP contribution < -0.4 is 15.6 Å². The van der Waals surface area contributed by atoms with Crippen LogP contribution in [0.2, 0.25) is 10.2 Å². The highest BCUT2D eigenvalue weighted by Gasteiger charge is 2.29. The fourth-order valence-electron chi connectivity index (χ4n) is 5.28. The number of amides is 1. The van der Waals surface area contributed by atoms with E-state index in [-0.39, 0.29) is 45.8 Å². The number of nitrogens with one attached hydrogen (secondary N) is 1. The molecule has 4 aromatic heterocycles. The minimum absolute atomic E-state index is 0.0655. The molecule has 0 saturated carbocycles. The van der Waals surface area contributed by atoms with Crippen LogP contribution in [-0.4, -0.2) is 40.2 Å².